The van der Waals surface area contributed by atoms with E-state index in [2.05, 4.69) is 16.5 Å². The molecule has 1 aliphatic heterocycles. The highest BCUT2D eigenvalue weighted by atomic mass is 16.6. The van der Waals surface area contributed by atoms with Crippen molar-refractivity contribution in [3.8, 4) is 0 Å². The predicted octanol–water partition coefficient (Wildman–Crippen LogP) is 1.56. The first-order valence-corrected chi connectivity index (χ1v) is 9.94. The molecule has 1 aromatic heterocycles. The Balaban J connectivity index is 1.43. The minimum absolute atomic E-state index is 0.0230. The lowest BCUT2D eigenvalue weighted by Crippen LogP contribution is -2.40. The number of nitrogens with zero attached hydrogens (tertiary/aromatic N) is 3. The van der Waals surface area contributed by atoms with E-state index in [-0.39, 0.29) is 24.1 Å². The zero-order valence-electron chi connectivity index (χ0n) is 16.4. The lowest BCUT2D eigenvalue weighted by Gasteiger charge is -2.27. The Labute approximate surface area is 168 Å². The SMILES string of the molecule is CCOC(=O)N1CCc2nn(CC(=O)N[C@H]3CCc4ccccc43)c(=O)cc2C1. The average molecular weight is 396 g/mol. The number of aryl methyl sites for hydroxylation is 1. The zero-order valence-corrected chi connectivity index (χ0v) is 16.4. The van der Waals surface area contributed by atoms with E-state index in [1.54, 1.807) is 11.8 Å². The Hall–Kier alpha value is -3.16. The molecular weight excluding hydrogens is 372 g/mol. The number of carbonyl (C=O) groups is 2. The Bertz CT molecular complexity index is 1000. The smallest absolute Gasteiger partial charge is 0.410 e. The highest BCUT2D eigenvalue weighted by Gasteiger charge is 2.25. The van der Waals surface area contributed by atoms with Gasteiger partial charge in [-0.25, -0.2) is 9.48 Å². The van der Waals surface area contributed by atoms with Gasteiger partial charge < -0.3 is 15.0 Å². The van der Waals surface area contributed by atoms with Crippen molar-refractivity contribution in [2.45, 2.75) is 45.3 Å². The largest absolute Gasteiger partial charge is 0.450 e. The van der Waals surface area contributed by atoms with Crippen LogP contribution >= 0.6 is 0 Å². The number of hydrogen-bond acceptors (Lipinski definition) is 5. The number of benzene rings is 1. The molecule has 1 aromatic carbocycles. The van der Waals surface area contributed by atoms with Crippen molar-refractivity contribution in [3.63, 3.8) is 0 Å². The zero-order chi connectivity index (χ0) is 20.4. The van der Waals surface area contributed by atoms with Crippen molar-refractivity contribution in [1.82, 2.24) is 20.0 Å². The molecule has 152 valence electrons. The topological polar surface area (TPSA) is 93.5 Å². The Morgan fingerprint density at radius 2 is 2.07 bits per heavy atom. The number of amides is 2. The highest BCUT2D eigenvalue weighted by Crippen LogP contribution is 2.30. The van der Waals surface area contributed by atoms with Crippen molar-refractivity contribution >= 4 is 12.0 Å². The molecule has 29 heavy (non-hydrogen) atoms. The third-order valence-electron chi connectivity index (χ3n) is 5.43. The summed E-state index contributed by atoms with van der Waals surface area (Å²) in [5.41, 5.74) is 3.50. The quantitative estimate of drug-likeness (QED) is 0.847. The van der Waals surface area contributed by atoms with Gasteiger partial charge in [0.25, 0.3) is 5.56 Å². The molecule has 0 spiro atoms. The Kier molecular flexibility index (Phi) is 5.33. The van der Waals surface area contributed by atoms with Gasteiger partial charge in [-0.15, -0.1) is 0 Å². The molecular formula is C21H24N4O4. The van der Waals surface area contributed by atoms with Gasteiger partial charge in [0.2, 0.25) is 5.91 Å². The molecule has 2 amide bonds. The maximum absolute atomic E-state index is 12.5. The van der Waals surface area contributed by atoms with E-state index in [9.17, 15) is 14.4 Å². The number of ether oxygens (including phenoxy) is 1. The lowest BCUT2D eigenvalue weighted by atomic mass is 10.1. The third-order valence-corrected chi connectivity index (χ3v) is 5.43. The van der Waals surface area contributed by atoms with Crippen LogP contribution in [0.4, 0.5) is 4.79 Å². The summed E-state index contributed by atoms with van der Waals surface area (Å²) in [6.45, 7) is 2.71. The first kappa shape index (κ1) is 19.2. The number of hydrogen-bond donors (Lipinski definition) is 1. The summed E-state index contributed by atoms with van der Waals surface area (Å²) >= 11 is 0. The number of carbonyl (C=O) groups excluding carboxylic acids is 2. The number of rotatable bonds is 4. The first-order valence-electron chi connectivity index (χ1n) is 9.94. The van der Waals surface area contributed by atoms with E-state index >= 15 is 0 Å². The van der Waals surface area contributed by atoms with E-state index in [1.807, 2.05) is 18.2 Å². The van der Waals surface area contributed by atoms with Gasteiger partial charge >= 0.3 is 6.09 Å². The summed E-state index contributed by atoms with van der Waals surface area (Å²) in [5, 5.41) is 7.39. The van der Waals surface area contributed by atoms with Crippen LogP contribution in [0, 0.1) is 0 Å². The molecule has 0 fully saturated rings. The van der Waals surface area contributed by atoms with Crippen LogP contribution in [0.2, 0.25) is 0 Å². The number of aromatic nitrogens is 2. The maximum Gasteiger partial charge on any atom is 0.410 e. The Morgan fingerprint density at radius 1 is 1.24 bits per heavy atom. The molecule has 0 saturated heterocycles. The van der Waals surface area contributed by atoms with E-state index < -0.39 is 6.09 Å². The van der Waals surface area contributed by atoms with Crippen molar-refractivity contribution in [2.75, 3.05) is 13.2 Å². The molecule has 8 nitrogen and oxygen atoms in total. The molecule has 0 bridgehead atoms. The summed E-state index contributed by atoms with van der Waals surface area (Å²) in [5.74, 6) is -0.231. The van der Waals surface area contributed by atoms with Crippen molar-refractivity contribution < 1.29 is 14.3 Å². The number of fused-ring (bicyclic) bond motifs is 2. The molecule has 1 atom stereocenters. The molecule has 1 N–H and O–H groups in total. The van der Waals surface area contributed by atoms with E-state index in [0.29, 0.717) is 31.7 Å². The first-order chi connectivity index (χ1) is 14.0. The van der Waals surface area contributed by atoms with Crippen LogP contribution in [-0.4, -0.2) is 39.8 Å². The standard InChI is InChI=1S/C21H24N4O4/c1-2-29-21(28)24-10-9-17-15(12-24)11-20(27)25(23-17)13-19(26)22-18-8-7-14-5-3-4-6-16(14)18/h3-6,11,18H,2,7-10,12-13H2,1H3,(H,22,26)/t18-/m0/s1. The van der Waals surface area contributed by atoms with Crippen LogP contribution < -0.4 is 10.9 Å². The van der Waals surface area contributed by atoms with Crippen molar-refractivity contribution in [2.24, 2.45) is 0 Å². The lowest BCUT2D eigenvalue weighted by molar-refractivity contribution is -0.122. The van der Waals surface area contributed by atoms with Gasteiger partial charge in [-0.05, 0) is 30.9 Å². The van der Waals surface area contributed by atoms with Gasteiger partial charge in [0.15, 0.2) is 0 Å². The Morgan fingerprint density at radius 3 is 2.90 bits per heavy atom. The third kappa shape index (κ3) is 4.01. The molecule has 2 heterocycles. The summed E-state index contributed by atoms with van der Waals surface area (Å²) in [6, 6.07) is 9.53. The van der Waals surface area contributed by atoms with E-state index in [4.69, 9.17) is 4.74 Å². The van der Waals surface area contributed by atoms with Crippen LogP contribution in [-0.2, 0) is 35.5 Å². The summed E-state index contributed by atoms with van der Waals surface area (Å²) in [4.78, 5) is 38.4. The summed E-state index contributed by atoms with van der Waals surface area (Å²) < 4.78 is 6.22. The minimum Gasteiger partial charge on any atom is -0.450 e. The fourth-order valence-electron chi connectivity index (χ4n) is 4.01. The van der Waals surface area contributed by atoms with Gasteiger partial charge in [0.1, 0.15) is 6.54 Å². The van der Waals surface area contributed by atoms with Crippen molar-refractivity contribution in [1.29, 1.82) is 0 Å². The molecule has 4 rings (SSSR count). The normalized spacial score (nSPS) is 17.4. The fourth-order valence-corrected chi connectivity index (χ4v) is 4.01. The van der Waals surface area contributed by atoms with Gasteiger partial charge in [-0.3, -0.25) is 9.59 Å². The second kappa shape index (κ2) is 8.06. The summed E-state index contributed by atoms with van der Waals surface area (Å²) in [7, 11) is 0. The van der Waals surface area contributed by atoms with Gasteiger partial charge in [-0.2, -0.15) is 5.10 Å². The maximum atomic E-state index is 12.5. The molecule has 8 heteroatoms. The van der Waals surface area contributed by atoms with E-state index in [0.717, 1.165) is 24.1 Å². The minimum atomic E-state index is -0.390. The van der Waals surface area contributed by atoms with Crippen LogP contribution in [0.15, 0.2) is 35.1 Å². The molecule has 0 unspecified atom stereocenters. The van der Waals surface area contributed by atoms with Crippen LogP contribution in [0.5, 0.6) is 0 Å². The molecule has 1 aliphatic carbocycles. The second-order valence-corrected chi connectivity index (χ2v) is 7.34. The molecule has 2 aromatic rings. The average Bonchev–Trinajstić information content (AvgIpc) is 3.11. The van der Waals surface area contributed by atoms with Crippen molar-refractivity contribution in [3.05, 3.63) is 63.1 Å². The summed E-state index contributed by atoms with van der Waals surface area (Å²) in [6.07, 6.45) is 1.93. The van der Waals surface area contributed by atoms with Crippen LogP contribution in [0.3, 0.4) is 0 Å². The van der Waals surface area contributed by atoms with Gasteiger partial charge in [0.05, 0.1) is 24.9 Å². The molecule has 0 saturated carbocycles. The van der Waals surface area contributed by atoms with Gasteiger partial charge in [0, 0.05) is 24.6 Å². The van der Waals surface area contributed by atoms with Crippen LogP contribution in [0.25, 0.3) is 0 Å². The van der Waals surface area contributed by atoms with Gasteiger partial charge in [-0.1, -0.05) is 24.3 Å². The predicted molar refractivity (Wildman–Crippen MR) is 105 cm³/mol. The highest BCUT2D eigenvalue weighted by molar-refractivity contribution is 5.76. The molecule has 0 radical (unpaired) electrons. The van der Waals surface area contributed by atoms with E-state index in [1.165, 1.54) is 16.3 Å². The van der Waals surface area contributed by atoms with Crippen LogP contribution in [0.1, 0.15) is 41.8 Å². The monoisotopic (exact) mass is 396 g/mol. The molecule has 2 aliphatic rings. The fraction of sp³-hybridized carbons (Fsp3) is 0.429. The number of nitrogens with one attached hydrogen (secondary N) is 1. The second-order valence-electron chi connectivity index (χ2n) is 7.34.